The van der Waals surface area contributed by atoms with E-state index in [0.717, 1.165) is 57.6 Å². The molecular formula is C77H70O8S. The van der Waals surface area contributed by atoms with Gasteiger partial charge < -0.3 is 23.7 Å². The minimum Gasteiger partial charge on any atom is -0.497 e. The molecule has 0 N–H and O–H groups in total. The molecule has 10 aromatic carbocycles. The van der Waals surface area contributed by atoms with Crippen molar-refractivity contribution in [2.75, 3.05) is 21.3 Å². The Hall–Kier alpha value is -9.18. The Morgan fingerprint density at radius 1 is 0.384 bits per heavy atom. The van der Waals surface area contributed by atoms with Gasteiger partial charge in [0, 0.05) is 16.5 Å². The molecule has 0 amide bonds. The molecule has 0 saturated heterocycles. The topological polar surface area (TPSA) is 97.4 Å². The van der Waals surface area contributed by atoms with Crippen molar-refractivity contribution in [1.29, 1.82) is 0 Å². The highest BCUT2D eigenvalue weighted by Gasteiger charge is 2.58. The molecule has 5 aliphatic rings. The van der Waals surface area contributed by atoms with Gasteiger partial charge in [0.1, 0.15) is 40.2 Å². The zero-order chi connectivity index (χ0) is 58.3. The first-order valence-electron chi connectivity index (χ1n) is 29.2. The van der Waals surface area contributed by atoms with Gasteiger partial charge >= 0.3 is 0 Å². The summed E-state index contributed by atoms with van der Waals surface area (Å²) in [6.07, 6.45) is 7.06. The fourth-order valence-corrected chi connectivity index (χ4v) is 16.0. The van der Waals surface area contributed by atoms with Crippen LogP contribution in [0.5, 0.6) is 40.2 Å². The Morgan fingerprint density at radius 2 is 0.698 bits per heavy atom. The number of sulfone groups is 1. The molecule has 5 aliphatic carbocycles. The van der Waals surface area contributed by atoms with Gasteiger partial charge in [-0.2, -0.15) is 0 Å². The molecule has 4 fully saturated rings. The van der Waals surface area contributed by atoms with Crippen LogP contribution in [-0.4, -0.2) is 35.5 Å². The fourth-order valence-electron chi connectivity index (χ4n) is 14.7. The molecule has 0 aromatic heterocycles. The van der Waals surface area contributed by atoms with Crippen molar-refractivity contribution in [3.8, 4) is 51.4 Å². The molecule has 432 valence electrons. The Balaban J connectivity index is 0.000000222. The van der Waals surface area contributed by atoms with Gasteiger partial charge in [-0.25, -0.2) is 8.42 Å². The Labute approximate surface area is 505 Å². The van der Waals surface area contributed by atoms with Gasteiger partial charge in [0.25, 0.3) is 0 Å². The lowest BCUT2D eigenvalue weighted by atomic mass is 9.42. The van der Waals surface area contributed by atoms with E-state index in [1.54, 1.807) is 82.0 Å². The number of benzene rings is 10. The van der Waals surface area contributed by atoms with Gasteiger partial charge in [0.15, 0.2) is 5.78 Å². The van der Waals surface area contributed by atoms with E-state index in [1.807, 2.05) is 55.5 Å². The summed E-state index contributed by atoms with van der Waals surface area (Å²) in [6.45, 7) is 1.98. The van der Waals surface area contributed by atoms with E-state index in [0.29, 0.717) is 34.1 Å². The number of rotatable bonds is 15. The van der Waals surface area contributed by atoms with E-state index in [2.05, 4.69) is 121 Å². The zero-order valence-corrected chi connectivity index (χ0v) is 48.9. The van der Waals surface area contributed by atoms with Crippen LogP contribution in [0, 0.1) is 30.6 Å². The third kappa shape index (κ3) is 10.3. The highest BCUT2D eigenvalue weighted by molar-refractivity contribution is 7.91. The zero-order valence-electron chi connectivity index (χ0n) is 48.1. The predicted octanol–water partition coefficient (Wildman–Crippen LogP) is 18.1. The van der Waals surface area contributed by atoms with Crippen LogP contribution in [0.15, 0.2) is 252 Å². The molecule has 8 nitrogen and oxygen atoms in total. The quantitative estimate of drug-likeness (QED) is 0.0937. The van der Waals surface area contributed by atoms with Crippen molar-refractivity contribution in [3.05, 3.63) is 293 Å². The number of fused-ring (bicyclic) bond motifs is 3. The third-order valence-corrected chi connectivity index (χ3v) is 20.3. The van der Waals surface area contributed by atoms with Gasteiger partial charge in [-0.05, 0) is 229 Å². The van der Waals surface area contributed by atoms with E-state index in [9.17, 15) is 13.2 Å². The Kier molecular flexibility index (Phi) is 15.8. The second kappa shape index (κ2) is 23.7. The lowest BCUT2D eigenvalue weighted by molar-refractivity contribution is -0.0418. The highest BCUT2D eigenvalue weighted by Crippen LogP contribution is 2.65. The van der Waals surface area contributed by atoms with Crippen molar-refractivity contribution in [3.63, 3.8) is 0 Å². The maximum atomic E-state index is 13.6. The highest BCUT2D eigenvalue weighted by atomic mass is 32.2. The molecule has 9 heteroatoms. The summed E-state index contributed by atoms with van der Waals surface area (Å²) in [6, 6.07) is 78.4. The maximum Gasteiger partial charge on any atom is 0.206 e. The lowest BCUT2D eigenvalue weighted by Crippen LogP contribution is -2.56. The summed E-state index contributed by atoms with van der Waals surface area (Å²) < 4.78 is 55.8. The second-order valence-corrected chi connectivity index (χ2v) is 25.0. The number of ketones is 1. The molecule has 4 saturated carbocycles. The van der Waals surface area contributed by atoms with Crippen LogP contribution in [-0.2, 0) is 20.7 Å². The monoisotopic (exact) mass is 1150 g/mol. The van der Waals surface area contributed by atoms with Crippen LogP contribution in [0.25, 0.3) is 11.1 Å². The van der Waals surface area contributed by atoms with E-state index in [1.165, 1.54) is 77.6 Å². The average Bonchev–Trinajstić information content (AvgIpc) is 1.33. The Morgan fingerprint density at radius 3 is 1.07 bits per heavy atom. The Bertz CT molecular complexity index is 4000. The summed E-state index contributed by atoms with van der Waals surface area (Å²) in [4.78, 5) is 13.1. The molecular weight excluding hydrogens is 1080 g/mol. The molecule has 0 unspecified atom stereocenters. The first-order chi connectivity index (χ1) is 41.5. The van der Waals surface area contributed by atoms with Crippen LogP contribution < -0.4 is 23.7 Å². The predicted molar refractivity (Wildman–Crippen MR) is 340 cm³/mol. The second-order valence-electron chi connectivity index (χ2n) is 23.1. The van der Waals surface area contributed by atoms with Crippen molar-refractivity contribution < 1.29 is 36.9 Å². The summed E-state index contributed by atoms with van der Waals surface area (Å²) >= 11 is 0. The van der Waals surface area contributed by atoms with Crippen LogP contribution in [0.2, 0.25) is 0 Å². The number of methoxy groups -OCH3 is 3. The lowest BCUT2D eigenvalue weighted by Gasteiger charge is -2.62. The first kappa shape index (κ1) is 57.3. The molecule has 4 bridgehead atoms. The maximum absolute atomic E-state index is 13.6. The molecule has 0 atom stereocenters. The number of carbonyl (C=O) groups is 1. The number of aryl methyl sites for hydroxylation is 1. The summed E-state index contributed by atoms with van der Waals surface area (Å²) in [7, 11) is 1.35. The van der Waals surface area contributed by atoms with Gasteiger partial charge in [0.2, 0.25) is 9.84 Å². The molecule has 86 heavy (non-hydrogen) atoms. The summed E-state index contributed by atoms with van der Waals surface area (Å²) in [5.41, 5.74) is 11.9. The molecule has 15 rings (SSSR count). The minimum absolute atomic E-state index is 0. The molecule has 10 aromatic rings. The number of hydrogen-bond acceptors (Lipinski definition) is 8. The average molecular weight is 1160 g/mol. The first-order valence-corrected chi connectivity index (χ1v) is 30.7. The van der Waals surface area contributed by atoms with E-state index in [4.69, 9.17) is 23.7 Å². The minimum atomic E-state index is -3.82. The molecule has 0 heterocycles. The standard InChI is InChI=1S/C52H38O6S.C24H28O2.CH4/c1-35-11-13-36(14-12-35)51(53)37-15-21-41(22-16-37)57-43-27-31-45(32-28-43)59(54,55)46-33-29-44(30-34-46)58-42-25-19-39(20-26-42)52(38-17-23-40(56-2)24-18-38)49-9-5-3-7-47(49)48-8-4-6-10-50(48)52;1-25-22-7-3-18(4-8-22)24(19-5-9-23(26-2)10-6-19)20-12-16-11-17(14-20)15-21(24)13-16;/h3-34H,1-2H3;3-10,16-17,20-21H,11-15H2,1-2H3;1H4. The van der Waals surface area contributed by atoms with E-state index >= 15 is 0 Å². The number of hydrogen-bond donors (Lipinski definition) is 0. The van der Waals surface area contributed by atoms with Gasteiger partial charge in [-0.3, -0.25) is 4.79 Å². The SMILES string of the molecule is C.COc1ccc(C2(c3ccc(OC)cc3)C3CC4CC(C3)CC2C4)cc1.COc1ccc(C2(c3ccc(Oc4ccc(S(=O)(=O)c5ccc(Oc6ccc(C(=O)c7ccc(C)cc7)cc6)cc5)cc4)cc3)c3ccccc3-c3ccccc32)cc1. The number of carbonyl (C=O) groups excluding carboxylic acids is 1. The molecule has 0 aliphatic heterocycles. The van der Waals surface area contributed by atoms with Crippen molar-refractivity contribution in [1.82, 2.24) is 0 Å². The van der Waals surface area contributed by atoms with Crippen LogP contribution in [0.1, 0.15) is 94.4 Å². The van der Waals surface area contributed by atoms with Gasteiger partial charge in [-0.15, -0.1) is 0 Å². The van der Waals surface area contributed by atoms with Gasteiger partial charge in [0.05, 0.1) is 36.5 Å². The van der Waals surface area contributed by atoms with Crippen molar-refractivity contribution >= 4 is 15.6 Å². The molecule has 0 radical (unpaired) electrons. The van der Waals surface area contributed by atoms with Crippen molar-refractivity contribution in [2.24, 2.45) is 23.7 Å². The number of ether oxygens (including phenoxy) is 5. The van der Waals surface area contributed by atoms with Crippen LogP contribution >= 0.6 is 0 Å². The summed E-state index contributed by atoms with van der Waals surface area (Å²) in [5.74, 6) is 8.18. The molecule has 0 spiro atoms. The largest absolute Gasteiger partial charge is 0.497 e. The van der Waals surface area contributed by atoms with Crippen molar-refractivity contribution in [2.45, 2.75) is 67.1 Å². The van der Waals surface area contributed by atoms with Crippen LogP contribution in [0.3, 0.4) is 0 Å². The fraction of sp³-hybridized carbons (Fsp3) is 0.208. The third-order valence-electron chi connectivity index (χ3n) is 18.5. The van der Waals surface area contributed by atoms with E-state index < -0.39 is 15.3 Å². The summed E-state index contributed by atoms with van der Waals surface area (Å²) in [5, 5.41) is 0. The van der Waals surface area contributed by atoms with Gasteiger partial charge in [-0.1, -0.05) is 134 Å². The van der Waals surface area contributed by atoms with E-state index in [-0.39, 0.29) is 28.4 Å². The normalized spacial score (nSPS) is 18.0. The van der Waals surface area contributed by atoms with Crippen LogP contribution in [0.4, 0.5) is 0 Å². The smallest absolute Gasteiger partial charge is 0.206 e.